The summed E-state index contributed by atoms with van der Waals surface area (Å²) in [5, 5.41) is 0. The standard InChI is InChI=1S/C16H24N2O/c17-15-5-8-18(9-6-15)12-13-7-10-19-16-4-2-1-3-14(16)11-13/h1-4,13,15H,5-12,17H2/t13-/m1/s1. The Kier molecular flexibility index (Phi) is 4.04. The lowest BCUT2D eigenvalue weighted by atomic mass is 9.95. The number of para-hydroxylation sites is 1. The molecular weight excluding hydrogens is 236 g/mol. The zero-order chi connectivity index (χ0) is 13.1. The van der Waals surface area contributed by atoms with Crippen molar-refractivity contribution >= 4 is 0 Å². The van der Waals surface area contributed by atoms with Crippen molar-refractivity contribution in [2.24, 2.45) is 11.7 Å². The number of hydrogen-bond donors (Lipinski definition) is 1. The molecule has 0 amide bonds. The van der Waals surface area contributed by atoms with Gasteiger partial charge in [0, 0.05) is 12.6 Å². The summed E-state index contributed by atoms with van der Waals surface area (Å²) in [6.45, 7) is 4.39. The molecule has 2 heterocycles. The summed E-state index contributed by atoms with van der Waals surface area (Å²) in [4.78, 5) is 2.59. The highest BCUT2D eigenvalue weighted by molar-refractivity contribution is 5.34. The molecule has 3 heteroatoms. The number of hydrogen-bond acceptors (Lipinski definition) is 3. The molecule has 0 aliphatic carbocycles. The van der Waals surface area contributed by atoms with Gasteiger partial charge in [-0.3, -0.25) is 0 Å². The van der Waals surface area contributed by atoms with Crippen LogP contribution in [0.3, 0.4) is 0 Å². The van der Waals surface area contributed by atoms with E-state index in [9.17, 15) is 0 Å². The maximum absolute atomic E-state index is 5.97. The second-order valence-corrected chi connectivity index (χ2v) is 5.95. The van der Waals surface area contributed by atoms with Gasteiger partial charge in [0.25, 0.3) is 0 Å². The molecule has 0 spiro atoms. The van der Waals surface area contributed by atoms with Crippen LogP contribution in [0.1, 0.15) is 24.8 Å². The Hall–Kier alpha value is -1.06. The van der Waals surface area contributed by atoms with Gasteiger partial charge in [-0.15, -0.1) is 0 Å². The Labute approximate surface area is 115 Å². The van der Waals surface area contributed by atoms with E-state index in [1.54, 1.807) is 0 Å². The van der Waals surface area contributed by atoms with Gasteiger partial charge in [-0.2, -0.15) is 0 Å². The van der Waals surface area contributed by atoms with E-state index < -0.39 is 0 Å². The first-order valence-electron chi connectivity index (χ1n) is 7.50. The van der Waals surface area contributed by atoms with Crippen molar-refractivity contribution in [2.75, 3.05) is 26.2 Å². The Balaban J connectivity index is 1.60. The van der Waals surface area contributed by atoms with Crippen LogP contribution in [0.4, 0.5) is 0 Å². The number of rotatable bonds is 2. The topological polar surface area (TPSA) is 38.5 Å². The van der Waals surface area contributed by atoms with Gasteiger partial charge in [-0.25, -0.2) is 0 Å². The Morgan fingerprint density at radius 2 is 1.95 bits per heavy atom. The van der Waals surface area contributed by atoms with E-state index in [4.69, 9.17) is 10.5 Å². The molecule has 1 aromatic carbocycles. The van der Waals surface area contributed by atoms with E-state index >= 15 is 0 Å². The lowest BCUT2D eigenvalue weighted by Crippen LogP contribution is -2.42. The lowest BCUT2D eigenvalue weighted by molar-refractivity contribution is 0.172. The molecule has 1 saturated heterocycles. The fraction of sp³-hybridized carbons (Fsp3) is 0.625. The molecule has 3 nitrogen and oxygen atoms in total. The molecule has 3 rings (SSSR count). The van der Waals surface area contributed by atoms with Crippen LogP contribution in [0.15, 0.2) is 24.3 Å². The third-order valence-corrected chi connectivity index (χ3v) is 4.41. The largest absolute Gasteiger partial charge is 0.493 e. The van der Waals surface area contributed by atoms with E-state index in [1.165, 1.54) is 25.2 Å². The summed E-state index contributed by atoms with van der Waals surface area (Å²) in [6, 6.07) is 8.90. The summed E-state index contributed by atoms with van der Waals surface area (Å²) >= 11 is 0. The van der Waals surface area contributed by atoms with Crippen molar-refractivity contribution in [3.05, 3.63) is 29.8 Å². The number of nitrogens with zero attached hydrogens (tertiary/aromatic N) is 1. The van der Waals surface area contributed by atoms with Crippen LogP contribution in [-0.2, 0) is 6.42 Å². The van der Waals surface area contributed by atoms with Crippen LogP contribution < -0.4 is 10.5 Å². The van der Waals surface area contributed by atoms with Gasteiger partial charge in [-0.05, 0) is 56.3 Å². The number of piperidine rings is 1. The van der Waals surface area contributed by atoms with Crippen molar-refractivity contribution in [3.63, 3.8) is 0 Å². The maximum Gasteiger partial charge on any atom is 0.122 e. The van der Waals surface area contributed by atoms with Crippen LogP contribution in [-0.4, -0.2) is 37.2 Å². The van der Waals surface area contributed by atoms with Gasteiger partial charge in [0.15, 0.2) is 0 Å². The van der Waals surface area contributed by atoms with Gasteiger partial charge in [0.05, 0.1) is 6.61 Å². The van der Waals surface area contributed by atoms with Crippen molar-refractivity contribution < 1.29 is 4.74 Å². The number of fused-ring (bicyclic) bond motifs is 1. The molecule has 0 radical (unpaired) electrons. The molecule has 1 atom stereocenters. The molecular formula is C16H24N2O. The lowest BCUT2D eigenvalue weighted by Gasteiger charge is -2.32. The quantitative estimate of drug-likeness (QED) is 0.884. The first-order valence-corrected chi connectivity index (χ1v) is 7.50. The Bertz CT molecular complexity index is 413. The fourth-order valence-corrected chi connectivity index (χ4v) is 3.22. The third-order valence-electron chi connectivity index (χ3n) is 4.41. The molecule has 0 bridgehead atoms. The van der Waals surface area contributed by atoms with Gasteiger partial charge in [-0.1, -0.05) is 18.2 Å². The van der Waals surface area contributed by atoms with Crippen LogP contribution in [0.2, 0.25) is 0 Å². The van der Waals surface area contributed by atoms with E-state index in [0.717, 1.165) is 44.0 Å². The molecule has 104 valence electrons. The number of likely N-dealkylation sites (tertiary alicyclic amines) is 1. The monoisotopic (exact) mass is 260 g/mol. The molecule has 2 aliphatic rings. The number of benzene rings is 1. The summed E-state index contributed by atoms with van der Waals surface area (Å²) in [6.07, 6.45) is 4.62. The highest BCUT2D eigenvalue weighted by Gasteiger charge is 2.22. The van der Waals surface area contributed by atoms with Gasteiger partial charge < -0.3 is 15.4 Å². The van der Waals surface area contributed by atoms with Gasteiger partial charge >= 0.3 is 0 Å². The zero-order valence-electron chi connectivity index (χ0n) is 11.6. The molecule has 2 aliphatic heterocycles. The fourth-order valence-electron chi connectivity index (χ4n) is 3.22. The summed E-state index contributed by atoms with van der Waals surface area (Å²) in [5.41, 5.74) is 7.35. The van der Waals surface area contributed by atoms with Crippen LogP contribution in [0.25, 0.3) is 0 Å². The van der Waals surface area contributed by atoms with Crippen molar-refractivity contribution in [2.45, 2.75) is 31.7 Å². The SMILES string of the molecule is NC1CCN(C[C@@H]2CCOc3ccccc3C2)CC1. The predicted molar refractivity (Wildman–Crippen MR) is 77.4 cm³/mol. The van der Waals surface area contributed by atoms with E-state index in [2.05, 4.69) is 29.2 Å². The smallest absolute Gasteiger partial charge is 0.122 e. The average molecular weight is 260 g/mol. The Morgan fingerprint density at radius 3 is 2.79 bits per heavy atom. The number of nitrogens with two attached hydrogens (primary N) is 1. The van der Waals surface area contributed by atoms with E-state index in [-0.39, 0.29) is 0 Å². The molecule has 19 heavy (non-hydrogen) atoms. The molecule has 0 aromatic heterocycles. The van der Waals surface area contributed by atoms with E-state index in [0.29, 0.717) is 6.04 Å². The number of ether oxygens (including phenoxy) is 1. The Morgan fingerprint density at radius 1 is 1.16 bits per heavy atom. The summed E-state index contributed by atoms with van der Waals surface area (Å²) < 4.78 is 5.85. The van der Waals surface area contributed by atoms with E-state index in [1.807, 2.05) is 0 Å². The van der Waals surface area contributed by atoms with Gasteiger partial charge in [0.1, 0.15) is 5.75 Å². The van der Waals surface area contributed by atoms with Crippen LogP contribution in [0.5, 0.6) is 5.75 Å². The highest BCUT2D eigenvalue weighted by atomic mass is 16.5. The predicted octanol–water partition coefficient (Wildman–Crippen LogP) is 2.05. The first-order chi connectivity index (χ1) is 9.31. The highest BCUT2D eigenvalue weighted by Crippen LogP contribution is 2.27. The molecule has 2 N–H and O–H groups in total. The maximum atomic E-state index is 5.97. The van der Waals surface area contributed by atoms with Gasteiger partial charge in [0.2, 0.25) is 0 Å². The second-order valence-electron chi connectivity index (χ2n) is 5.95. The van der Waals surface area contributed by atoms with Crippen molar-refractivity contribution in [3.8, 4) is 5.75 Å². The van der Waals surface area contributed by atoms with Crippen LogP contribution >= 0.6 is 0 Å². The molecule has 0 unspecified atom stereocenters. The molecule has 1 aromatic rings. The minimum absolute atomic E-state index is 0.425. The molecule has 1 fully saturated rings. The third kappa shape index (κ3) is 3.28. The normalized spacial score (nSPS) is 25.4. The van der Waals surface area contributed by atoms with Crippen LogP contribution in [0, 0.1) is 5.92 Å². The van der Waals surface area contributed by atoms with Crippen molar-refractivity contribution in [1.82, 2.24) is 4.90 Å². The zero-order valence-corrected chi connectivity index (χ0v) is 11.6. The first kappa shape index (κ1) is 12.9. The van der Waals surface area contributed by atoms with Crippen molar-refractivity contribution in [1.29, 1.82) is 0 Å². The summed E-state index contributed by atoms with van der Waals surface area (Å²) in [5.74, 6) is 1.81. The minimum Gasteiger partial charge on any atom is -0.493 e. The molecule has 0 saturated carbocycles. The minimum atomic E-state index is 0.425. The average Bonchev–Trinajstić information content (AvgIpc) is 2.63. The summed E-state index contributed by atoms with van der Waals surface area (Å²) in [7, 11) is 0. The second kappa shape index (κ2) is 5.93.